The van der Waals surface area contributed by atoms with Crippen LogP contribution in [0, 0.1) is 0 Å². The number of hydrogen-bond acceptors (Lipinski definition) is 3. The van der Waals surface area contributed by atoms with Crippen molar-refractivity contribution in [2.75, 3.05) is 19.7 Å². The maximum absolute atomic E-state index is 12.0. The highest BCUT2D eigenvalue weighted by atomic mass is 16.5. The second-order valence-electron chi connectivity index (χ2n) is 6.71. The smallest absolute Gasteiger partial charge is 0.321 e. The van der Waals surface area contributed by atoms with Crippen molar-refractivity contribution in [2.24, 2.45) is 0 Å². The second-order valence-corrected chi connectivity index (χ2v) is 6.71. The van der Waals surface area contributed by atoms with Gasteiger partial charge in [0.15, 0.2) is 6.54 Å². The number of aryl methyl sites for hydroxylation is 1. The van der Waals surface area contributed by atoms with Gasteiger partial charge in [0.05, 0.1) is 6.10 Å². The Labute approximate surface area is 149 Å². The Morgan fingerprint density at radius 3 is 2.92 bits per heavy atom. The highest BCUT2D eigenvalue weighted by Gasteiger charge is 2.23. The van der Waals surface area contributed by atoms with E-state index in [1.165, 1.54) is 11.1 Å². The van der Waals surface area contributed by atoms with Crippen molar-refractivity contribution in [3.63, 3.8) is 0 Å². The van der Waals surface area contributed by atoms with Crippen molar-refractivity contribution >= 4 is 11.9 Å². The van der Waals surface area contributed by atoms with Crippen LogP contribution >= 0.6 is 0 Å². The minimum atomic E-state index is -0.438. The molecular formula is C19H30N3O3+. The van der Waals surface area contributed by atoms with Gasteiger partial charge in [0, 0.05) is 25.1 Å². The van der Waals surface area contributed by atoms with E-state index in [1.54, 1.807) is 0 Å². The van der Waals surface area contributed by atoms with Crippen LogP contribution in [0.25, 0.3) is 0 Å². The summed E-state index contributed by atoms with van der Waals surface area (Å²) in [5.74, 6) is -0.265. The van der Waals surface area contributed by atoms with Gasteiger partial charge in [-0.25, -0.2) is 4.79 Å². The molecule has 1 atom stereocenters. The Kier molecular flexibility index (Phi) is 7.88. The van der Waals surface area contributed by atoms with Crippen LogP contribution in [0.5, 0.6) is 0 Å². The lowest BCUT2D eigenvalue weighted by Gasteiger charge is -2.23. The molecule has 25 heavy (non-hydrogen) atoms. The number of ether oxygens (including phenoxy) is 1. The molecule has 0 fully saturated rings. The van der Waals surface area contributed by atoms with Crippen molar-refractivity contribution in [3.8, 4) is 0 Å². The first-order chi connectivity index (χ1) is 12.1. The van der Waals surface area contributed by atoms with E-state index in [2.05, 4.69) is 28.8 Å². The quantitative estimate of drug-likeness (QED) is 0.619. The van der Waals surface area contributed by atoms with Gasteiger partial charge in [-0.3, -0.25) is 10.1 Å². The van der Waals surface area contributed by atoms with Gasteiger partial charge in [-0.05, 0) is 38.7 Å². The average molecular weight is 348 g/mol. The molecule has 0 aromatic heterocycles. The third kappa shape index (κ3) is 6.84. The number of nitrogens with two attached hydrogens (primary N) is 1. The van der Waals surface area contributed by atoms with Gasteiger partial charge in [-0.1, -0.05) is 24.3 Å². The Balaban J connectivity index is 1.65. The SMILES string of the molecule is CC(C)OCCCNC(=O)NC(=O)C[NH2+][C@@H]1CCCc2ccccc21. The first kappa shape index (κ1) is 19.4. The molecule has 0 spiro atoms. The predicted octanol–water partition coefficient (Wildman–Crippen LogP) is 1.27. The van der Waals surface area contributed by atoms with Crippen molar-refractivity contribution in [1.29, 1.82) is 0 Å². The van der Waals surface area contributed by atoms with Gasteiger partial charge < -0.3 is 15.4 Å². The van der Waals surface area contributed by atoms with E-state index >= 15 is 0 Å². The number of hydrogen-bond donors (Lipinski definition) is 3. The molecule has 0 unspecified atom stereocenters. The molecule has 0 saturated carbocycles. The summed E-state index contributed by atoms with van der Waals surface area (Å²) in [5, 5.41) is 7.08. The topological polar surface area (TPSA) is 84.0 Å². The third-order valence-electron chi connectivity index (χ3n) is 4.31. The van der Waals surface area contributed by atoms with E-state index in [-0.39, 0.29) is 18.6 Å². The predicted molar refractivity (Wildman–Crippen MR) is 96.2 cm³/mol. The minimum Gasteiger partial charge on any atom is -0.379 e. The molecule has 0 aliphatic heterocycles. The number of quaternary nitrogens is 1. The van der Waals surface area contributed by atoms with E-state index in [4.69, 9.17) is 4.74 Å². The molecular weight excluding hydrogens is 318 g/mol. The van der Waals surface area contributed by atoms with E-state index in [0.29, 0.717) is 19.2 Å². The number of fused-ring (bicyclic) bond motifs is 1. The Bertz CT molecular complexity index is 575. The molecule has 0 heterocycles. The molecule has 2 rings (SSSR count). The van der Waals surface area contributed by atoms with Crippen LogP contribution in [0.3, 0.4) is 0 Å². The van der Waals surface area contributed by atoms with Crippen molar-refractivity contribution < 1.29 is 19.6 Å². The summed E-state index contributed by atoms with van der Waals surface area (Å²) in [6, 6.07) is 8.26. The number of carbonyl (C=O) groups is 2. The summed E-state index contributed by atoms with van der Waals surface area (Å²) < 4.78 is 5.40. The molecule has 0 saturated heterocycles. The highest BCUT2D eigenvalue weighted by molar-refractivity contribution is 5.94. The van der Waals surface area contributed by atoms with Crippen LogP contribution < -0.4 is 16.0 Å². The molecule has 6 nitrogen and oxygen atoms in total. The molecule has 0 bridgehead atoms. The van der Waals surface area contributed by atoms with Crippen LogP contribution in [0.1, 0.15) is 50.3 Å². The lowest BCUT2D eigenvalue weighted by molar-refractivity contribution is -0.687. The van der Waals surface area contributed by atoms with Gasteiger partial charge >= 0.3 is 6.03 Å². The highest BCUT2D eigenvalue weighted by Crippen LogP contribution is 2.26. The van der Waals surface area contributed by atoms with Crippen LogP contribution in [-0.2, 0) is 16.0 Å². The van der Waals surface area contributed by atoms with Crippen molar-refractivity contribution in [1.82, 2.24) is 10.6 Å². The average Bonchev–Trinajstić information content (AvgIpc) is 2.59. The number of rotatable bonds is 8. The lowest BCUT2D eigenvalue weighted by atomic mass is 9.88. The van der Waals surface area contributed by atoms with Gasteiger partial charge in [0.1, 0.15) is 6.04 Å². The van der Waals surface area contributed by atoms with E-state index in [1.807, 2.05) is 25.2 Å². The van der Waals surface area contributed by atoms with E-state index in [0.717, 1.165) is 25.7 Å². The summed E-state index contributed by atoms with van der Waals surface area (Å²) >= 11 is 0. The summed E-state index contributed by atoms with van der Waals surface area (Å²) in [6.45, 7) is 5.29. The largest absolute Gasteiger partial charge is 0.379 e. The number of carbonyl (C=O) groups excluding carboxylic acids is 2. The maximum Gasteiger partial charge on any atom is 0.321 e. The standard InChI is InChI=1S/C19H29N3O3/c1-14(2)25-12-6-11-20-19(24)22-18(23)13-21-17-10-5-8-15-7-3-4-9-16(15)17/h3-4,7,9,14,17,21H,5-6,8,10-13H2,1-2H3,(H2,20,22,23,24)/p+1/t17-/m1/s1. The zero-order valence-corrected chi connectivity index (χ0v) is 15.2. The monoisotopic (exact) mass is 348 g/mol. The van der Waals surface area contributed by atoms with Crippen LogP contribution in [0.4, 0.5) is 4.79 Å². The van der Waals surface area contributed by atoms with Crippen LogP contribution in [-0.4, -0.2) is 37.7 Å². The summed E-state index contributed by atoms with van der Waals surface area (Å²) in [5.41, 5.74) is 2.69. The first-order valence-corrected chi connectivity index (χ1v) is 9.16. The zero-order valence-electron chi connectivity index (χ0n) is 15.2. The number of amides is 3. The normalized spacial score (nSPS) is 16.4. The van der Waals surface area contributed by atoms with E-state index in [9.17, 15) is 9.59 Å². The molecule has 6 heteroatoms. The fraction of sp³-hybridized carbons (Fsp3) is 0.579. The molecule has 0 radical (unpaired) electrons. The first-order valence-electron chi connectivity index (χ1n) is 9.16. The lowest BCUT2D eigenvalue weighted by Crippen LogP contribution is -2.88. The van der Waals surface area contributed by atoms with Crippen LogP contribution in [0.15, 0.2) is 24.3 Å². The molecule has 1 aromatic rings. The molecule has 3 amide bonds. The number of urea groups is 1. The van der Waals surface area contributed by atoms with Gasteiger partial charge in [0.2, 0.25) is 0 Å². The number of imide groups is 1. The summed E-state index contributed by atoms with van der Waals surface area (Å²) in [7, 11) is 0. The Morgan fingerprint density at radius 2 is 2.12 bits per heavy atom. The Hall–Kier alpha value is -1.92. The minimum absolute atomic E-state index is 0.191. The number of nitrogens with one attached hydrogen (secondary N) is 2. The molecule has 138 valence electrons. The van der Waals surface area contributed by atoms with Gasteiger partial charge in [-0.2, -0.15) is 0 Å². The van der Waals surface area contributed by atoms with E-state index < -0.39 is 6.03 Å². The Morgan fingerprint density at radius 1 is 1.32 bits per heavy atom. The fourth-order valence-corrected chi connectivity index (χ4v) is 3.10. The summed E-state index contributed by atoms with van der Waals surface area (Å²) in [4.78, 5) is 23.7. The summed E-state index contributed by atoms with van der Waals surface area (Å²) in [6.07, 6.45) is 4.22. The van der Waals surface area contributed by atoms with Gasteiger partial charge in [0.25, 0.3) is 5.91 Å². The van der Waals surface area contributed by atoms with Crippen molar-refractivity contribution in [3.05, 3.63) is 35.4 Å². The second kappa shape index (κ2) is 10.2. The zero-order chi connectivity index (χ0) is 18.1. The molecule has 1 aliphatic rings. The van der Waals surface area contributed by atoms with Crippen molar-refractivity contribution in [2.45, 2.75) is 51.7 Å². The molecule has 1 aliphatic carbocycles. The number of benzene rings is 1. The molecule has 1 aromatic carbocycles. The fourth-order valence-electron chi connectivity index (χ4n) is 3.10. The molecule has 4 N–H and O–H groups in total. The van der Waals surface area contributed by atoms with Gasteiger partial charge in [-0.15, -0.1) is 0 Å². The third-order valence-corrected chi connectivity index (χ3v) is 4.31. The van der Waals surface area contributed by atoms with Crippen LogP contribution in [0.2, 0.25) is 0 Å². The maximum atomic E-state index is 12.0.